The summed E-state index contributed by atoms with van der Waals surface area (Å²) < 4.78 is 0. The predicted molar refractivity (Wildman–Crippen MR) is 104 cm³/mol. The molecule has 0 bridgehead atoms. The van der Waals surface area contributed by atoms with Gasteiger partial charge in [-0.15, -0.1) is 71.7 Å². The summed E-state index contributed by atoms with van der Waals surface area (Å²) in [7, 11) is 1.08. The van der Waals surface area contributed by atoms with Crippen LogP contribution in [0.25, 0.3) is 21.5 Å². The van der Waals surface area contributed by atoms with E-state index >= 15 is 0 Å². The zero-order valence-corrected chi connectivity index (χ0v) is 17.8. The Kier molecular flexibility index (Phi) is 12.0. The first-order valence-corrected chi connectivity index (χ1v) is 9.14. The van der Waals surface area contributed by atoms with Crippen molar-refractivity contribution in [2.45, 2.75) is 13.1 Å². The van der Waals surface area contributed by atoms with Crippen LogP contribution in [0.1, 0.15) is 0 Å². The average Bonchev–Trinajstić information content (AvgIpc) is 3.17. The molecule has 116 valence electrons. The molecule has 0 aliphatic heterocycles. The van der Waals surface area contributed by atoms with E-state index < -0.39 is 0 Å². The van der Waals surface area contributed by atoms with Crippen molar-refractivity contribution >= 4 is 43.5 Å². The van der Waals surface area contributed by atoms with Gasteiger partial charge in [0.2, 0.25) is 0 Å². The standard InChI is InChI=1S/2C9H7.C2H6Si.ClH.Zr/c2*1-2-5-9-7-3-6-8(9)4-1;1-3-2;;/h2*1-7H;1-2H3;1H;/q2*-1;;;+2. The first-order valence-electron chi connectivity index (χ1n) is 7.14. The molecule has 0 heterocycles. The fourth-order valence-corrected chi connectivity index (χ4v) is 2.14. The van der Waals surface area contributed by atoms with Gasteiger partial charge in [-0.3, -0.25) is 0 Å². The third kappa shape index (κ3) is 6.99. The minimum atomic E-state index is 0. The van der Waals surface area contributed by atoms with Gasteiger partial charge < -0.3 is 0 Å². The molecule has 0 N–H and O–H groups in total. The molecule has 4 aromatic rings. The van der Waals surface area contributed by atoms with Gasteiger partial charge in [-0.2, -0.15) is 35.0 Å². The summed E-state index contributed by atoms with van der Waals surface area (Å²) in [5.74, 6) is 0. The van der Waals surface area contributed by atoms with Crippen LogP contribution in [0.3, 0.4) is 0 Å². The fraction of sp³-hybridized carbons (Fsp3) is 0.100. The van der Waals surface area contributed by atoms with E-state index in [-0.39, 0.29) is 38.6 Å². The van der Waals surface area contributed by atoms with Crippen LogP contribution >= 0.6 is 12.4 Å². The number of benzene rings is 2. The van der Waals surface area contributed by atoms with E-state index in [2.05, 4.69) is 98.0 Å². The van der Waals surface area contributed by atoms with E-state index in [4.69, 9.17) is 0 Å². The number of rotatable bonds is 0. The van der Waals surface area contributed by atoms with Gasteiger partial charge in [0.15, 0.2) is 0 Å². The second-order valence-corrected chi connectivity index (χ2v) is 5.81. The summed E-state index contributed by atoms with van der Waals surface area (Å²) in [4.78, 5) is 0. The molecule has 4 aromatic carbocycles. The maximum absolute atomic E-state index is 2.15. The molecule has 23 heavy (non-hydrogen) atoms. The Morgan fingerprint density at radius 1 is 0.652 bits per heavy atom. The topological polar surface area (TPSA) is 0 Å². The van der Waals surface area contributed by atoms with Gasteiger partial charge >= 0.3 is 26.2 Å². The Morgan fingerprint density at radius 3 is 1.35 bits per heavy atom. The number of hydrogen-bond donors (Lipinski definition) is 0. The second-order valence-electron chi connectivity index (χ2n) is 4.81. The van der Waals surface area contributed by atoms with Crippen molar-refractivity contribution in [3.63, 3.8) is 0 Å². The molecule has 0 aliphatic rings. The van der Waals surface area contributed by atoms with Crippen LogP contribution in [0.15, 0.2) is 84.9 Å². The quantitative estimate of drug-likeness (QED) is 0.232. The molecule has 4 rings (SSSR count). The Labute approximate surface area is 167 Å². The van der Waals surface area contributed by atoms with Crippen molar-refractivity contribution in [1.82, 2.24) is 0 Å². The molecule has 0 fully saturated rings. The van der Waals surface area contributed by atoms with Gasteiger partial charge in [-0.1, -0.05) is 25.2 Å². The zero-order valence-electron chi connectivity index (χ0n) is 13.5. The number of fused-ring (bicyclic) bond motifs is 2. The molecule has 0 saturated carbocycles. The fourth-order valence-electron chi connectivity index (χ4n) is 2.14. The van der Waals surface area contributed by atoms with E-state index in [1.54, 1.807) is 0 Å². The largest absolute Gasteiger partial charge is 2.00 e. The molecule has 0 atom stereocenters. The van der Waals surface area contributed by atoms with Gasteiger partial charge in [-0.25, -0.2) is 0 Å². The van der Waals surface area contributed by atoms with Gasteiger partial charge in [0, 0.05) is 9.52 Å². The van der Waals surface area contributed by atoms with E-state index in [9.17, 15) is 0 Å². The van der Waals surface area contributed by atoms with Crippen molar-refractivity contribution in [2.24, 2.45) is 0 Å². The van der Waals surface area contributed by atoms with Crippen molar-refractivity contribution < 1.29 is 26.2 Å². The monoisotopic (exact) mass is 414 g/mol. The Bertz CT molecular complexity index is 647. The maximum atomic E-state index is 2.15. The summed E-state index contributed by atoms with van der Waals surface area (Å²) in [6.45, 7) is 4.31. The van der Waals surface area contributed by atoms with E-state index in [0.29, 0.717) is 0 Å². The van der Waals surface area contributed by atoms with Crippen LogP contribution in [0.5, 0.6) is 0 Å². The van der Waals surface area contributed by atoms with Crippen LogP contribution in [0, 0.1) is 0 Å². The molecular weight excluding hydrogens is 395 g/mol. The molecule has 3 heteroatoms. The summed E-state index contributed by atoms with van der Waals surface area (Å²) in [5, 5.41) is 5.32. The van der Waals surface area contributed by atoms with Crippen LogP contribution < -0.4 is 0 Å². The van der Waals surface area contributed by atoms with Crippen LogP contribution in [-0.4, -0.2) is 9.52 Å². The zero-order chi connectivity index (χ0) is 14.9. The number of halogens is 1. The molecular formula is C20H21ClSiZr. The molecule has 0 saturated heterocycles. The Morgan fingerprint density at radius 2 is 1.00 bits per heavy atom. The van der Waals surface area contributed by atoms with Crippen molar-refractivity contribution in [3.8, 4) is 0 Å². The maximum Gasteiger partial charge on any atom is 2.00 e. The molecule has 0 amide bonds. The Balaban J connectivity index is 0.000000336. The third-order valence-corrected chi connectivity index (χ3v) is 3.10. The van der Waals surface area contributed by atoms with Crippen LogP contribution in [0.4, 0.5) is 0 Å². The third-order valence-electron chi connectivity index (χ3n) is 3.10. The smallest absolute Gasteiger partial charge is 0.168 e. The molecule has 0 nitrogen and oxygen atoms in total. The normalized spacial score (nSPS) is 8.78. The van der Waals surface area contributed by atoms with Crippen LogP contribution in [0.2, 0.25) is 13.1 Å². The van der Waals surface area contributed by atoms with Crippen molar-refractivity contribution in [2.75, 3.05) is 0 Å². The van der Waals surface area contributed by atoms with E-state index in [1.807, 2.05) is 0 Å². The summed E-state index contributed by atoms with van der Waals surface area (Å²) >= 11 is 0. The van der Waals surface area contributed by atoms with Crippen molar-refractivity contribution in [1.29, 1.82) is 0 Å². The first-order chi connectivity index (χ1) is 10.3. The molecule has 0 spiro atoms. The van der Waals surface area contributed by atoms with Gasteiger partial charge in [0.25, 0.3) is 0 Å². The molecule has 2 radical (unpaired) electrons. The van der Waals surface area contributed by atoms with E-state index in [1.165, 1.54) is 21.5 Å². The molecule has 0 unspecified atom stereocenters. The number of hydrogen-bond acceptors (Lipinski definition) is 0. The van der Waals surface area contributed by atoms with E-state index in [0.717, 1.165) is 9.52 Å². The van der Waals surface area contributed by atoms with Crippen molar-refractivity contribution in [3.05, 3.63) is 84.9 Å². The molecule has 0 aliphatic carbocycles. The second kappa shape index (κ2) is 12.5. The van der Waals surface area contributed by atoms with Gasteiger partial charge in [0.1, 0.15) is 0 Å². The summed E-state index contributed by atoms with van der Waals surface area (Å²) in [6.07, 6.45) is 0. The summed E-state index contributed by atoms with van der Waals surface area (Å²) in [5.41, 5.74) is 0. The minimum Gasteiger partial charge on any atom is -0.168 e. The molecule has 0 aromatic heterocycles. The SMILES string of the molecule is C[Si]C.Cl.[Zr+2].c1ccc2[cH-]ccc2c1.c1ccc2[cH-]ccc2c1. The first kappa shape index (κ1) is 22.1. The predicted octanol–water partition coefficient (Wildman–Crippen LogP) is 6.32. The Hall–Kier alpha value is -0.950. The van der Waals surface area contributed by atoms with Gasteiger partial charge in [-0.05, 0) is 0 Å². The summed E-state index contributed by atoms with van der Waals surface area (Å²) in [6, 6.07) is 29.3. The average molecular weight is 416 g/mol. The van der Waals surface area contributed by atoms with Gasteiger partial charge in [0.05, 0.1) is 0 Å². The van der Waals surface area contributed by atoms with Crippen LogP contribution in [-0.2, 0) is 26.2 Å². The minimum absolute atomic E-state index is 0.